The summed E-state index contributed by atoms with van der Waals surface area (Å²) in [6.07, 6.45) is 6.27. The van der Waals surface area contributed by atoms with Gasteiger partial charge in [-0.05, 0) is 56.4 Å². The number of hydrogen-bond acceptors (Lipinski definition) is 6. The lowest BCUT2D eigenvalue weighted by Crippen LogP contribution is -2.35. The molecule has 3 aromatic rings. The van der Waals surface area contributed by atoms with Crippen molar-refractivity contribution >= 4 is 35.2 Å². The predicted octanol–water partition coefficient (Wildman–Crippen LogP) is 6.53. The van der Waals surface area contributed by atoms with Crippen molar-refractivity contribution < 1.29 is 23.8 Å². The molecule has 0 radical (unpaired) electrons. The largest absolute Gasteiger partial charge is 0.493 e. The number of halogens is 1. The van der Waals surface area contributed by atoms with Crippen molar-refractivity contribution in [2.45, 2.75) is 38.1 Å². The third kappa shape index (κ3) is 6.09. The number of aliphatic imine (C=N–C) groups is 1. The summed E-state index contributed by atoms with van der Waals surface area (Å²) >= 11 is 6.16. The van der Waals surface area contributed by atoms with Gasteiger partial charge in [-0.3, -0.25) is 14.6 Å². The van der Waals surface area contributed by atoms with Crippen LogP contribution in [0.15, 0.2) is 65.7 Å². The third-order valence-electron chi connectivity index (χ3n) is 6.98. The fraction of sp³-hybridized carbons (Fsp3) is 0.323. The van der Waals surface area contributed by atoms with E-state index >= 15 is 0 Å². The molecule has 8 heteroatoms. The van der Waals surface area contributed by atoms with Gasteiger partial charge < -0.3 is 19.1 Å². The zero-order valence-corrected chi connectivity index (χ0v) is 22.7. The molecule has 2 heterocycles. The Morgan fingerprint density at radius 2 is 1.74 bits per heavy atom. The molecule has 2 aliphatic heterocycles. The number of hydrogen-bond donors (Lipinski definition) is 0. The van der Waals surface area contributed by atoms with Gasteiger partial charge in [0.2, 0.25) is 0 Å². The molecule has 1 amide bonds. The minimum absolute atomic E-state index is 0.0100. The number of ketones is 1. The highest BCUT2D eigenvalue weighted by Crippen LogP contribution is 2.38. The Morgan fingerprint density at radius 3 is 2.51 bits per heavy atom. The van der Waals surface area contributed by atoms with E-state index in [0.29, 0.717) is 57.9 Å². The second-order valence-corrected chi connectivity index (χ2v) is 10.0. The molecular weight excluding hydrogens is 516 g/mol. The minimum atomic E-state index is -0.123. The Labute approximate surface area is 233 Å². The van der Waals surface area contributed by atoms with Gasteiger partial charge in [-0.1, -0.05) is 41.9 Å². The number of nitrogens with zero attached hydrogens (tertiary/aromatic N) is 2. The highest BCUT2D eigenvalue weighted by atomic mass is 35.5. The number of carbonyl (C=O) groups excluding carboxylic acids is 2. The molecule has 2 aliphatic rings. The fourth-order valence-corrected chi connectivity index (χ4v) is 5.09. The van der Waals surface area contributed by atoms with Crippen LogP contribution in [0.5, 0.6) is 17.2 Å². The molecule has 0 aliphatic carbocycles. The van der Waals surface area contributed by atoms with Gasteiger partial charge in [0, 0.05) is 29.4 Å². The molecule has 1 atom stereocenters. The van der Waals surface area contributed by atoms with E-state index in [-0.39, 0.29) is 17.7 Å². The van der Waals surface area contributed by atoms with Crippen LogP contribution in [-0.2, 0) is 0 Å². The topological polar surface area (TPSA) is 77.4 Å². The zero-order chi connectivity index (χ0) is 27.2. The molecule has 3 aromatic carbocycles. The van der Waals surface area contributed by atoms with Gasteiger partial charge in [0.15, 0.2) is 17.3 Å². The first-order valence-corrected chi connectivity index (χ1v) is 13.6. The molecule has 0 spiro atoms. The summed E-state index contributed by atoms with van der Waals surface area (Å²) in [7, 11) is 1.57. The Hall–Kier alpha value is -3.84. The standard InChI is InChI=1S/C31H31ClN2O5/c1-37-28-18-24-26(33-20-23-11-8-14-34(23)31(24)36)19-29(28)39-16-7-3-6-15-38-27-13-12-22(32)17-25(27)30(35)21-9-4-2-5-10-21/h2,4-5,9-10,12-13,17-20,23H,3,6-8,11,14-16H2,1H3/t23-/m0/s1. The monoisotopic (exact) mass is 546 g/mol. The predicted molar refractivity (Wildman–Crippen MR) is 151 cm³/mol. The average molecular weight is 547 g/mol. The molecule has 0 saturated carbocycles. The molecular formula is C31H31ClN2O5. The zero-order valence-electron chi connectivity index (χ0n) is 21.9. The molecule has 7 nitrogen and oxygen atoms in total. The molecule has 1 fully saturated rings. The van der Waals surface area contributed by atoms with E-state index in [0.717, 1.165) is 38.6 Å². The van der Waals surface area contributed by atoms with Crippen molar-refractivity contribution in [3.8, 4) is 17.2 Å². The Morgan fingerprint density at radius 1 is 0.974 bits per heavy atom. The van der Waals surface area contributed by atoms with Gasteiger partial charge in [0.05, 0.1) is 43.2 Å². The van der Waals surface area contributed by atoms with Crippen LogP contribution in [0.25, 0.3) is 0 Å². The number of ether oxygens (including phenoxy) is 3. The highest BCUT2D eigenvalue weighted by molar-refractivity contribution is 6.31. The van der Waals surface area contributed by atoms with Crippen molar-refractivity contribution in [3.05, 3.63) is 82.4 Å². The van der Waals surface area contributed by atoms with Crippen molar-refractivity contribution in [2.24, 2.45) is 4.99 Å². The number of rotatable bonds is 11. The minimum Gasteiger partial charge on any atom is -0.493 e. The number of carbonyl (C=O) groups is 2. The van der Waals surface area contributed by atoms with Crippen LogP contribution >= 0.6 is 11.6 Å². The second-order valence-electron chi connectivity index (χ2n) is 9.60. The van der Waals surface area contributed by atoms with Crippen LogP contribution in [0.2, 0.25) is 5.02 Å². The first-order valence-electron chi connectivity index (χ1n) is 13.3. The number of fused-ring (bicyclic) bond motifs is 2. The Balaban J connectivity index is 1.13. The lowest BCUT2D eigenvalue weighted by atomic mass is 10.0. The molecule has 0 N–H and O–H groups in total. The number of methoxy groups -OCH3 is 1. The van der Waals surface area contributed by atoms with Crippen LogP contribution in [0.1, 0.15) is 58.4 Å². The smallest absolute Gasteiger partial charge is 0.256 e. The van der Waals surface area contributed by atoms with Crippen molar-refractivity contribution in [1.82, 2.24) is 4.90 Å². The first kappa shape index (κ1) is 26.8. The Bertz CT molecular complexity index is 1370. The molecule has 1 saturated heterocycles. The van der Waals surface area contributed by atoms with Gasteiger partial charge in [0.25, 0.3) is 5.91 Å². The highest BCUT2D eigenvalue weighted by Gasteiger charge is 2.32. The summed E-state index contributed by atoms with van der Waals surface area (Å²) in [4.78, 5) is 32.4. The first-order chi connectivity index (χ1) is 19.0. The van der Waals surface area contributed by atoms with Crippen molar-refractivity contribution in [3.63, 3.8) is 0 Å². The van der Waals surface area contributed by atoms with Crippen LogP contribution in [-0.4, -0.2) is 55.7 Å². The quantitative estimate of drug-likeness (QED) is 0.202. The molecule has 202 valence electrons. The molecule has 0 aromatic heterocycles. The third-order valence-corrected chi connectivity index (χ3v) is 7.22. The summed E-state index contributed by atoms with van der Waals surface area (Å²) in [6, 6.07) is 17.8. The SMILES string of the molecule is COc1cc2c(cc1OCCCCCOc1ccc(Cl)cc1C(=O)c1ccccc1)N=C[C@@H]1CCCN1C2=O. The van der Waals surface area contributed by atoms with E-state index in [2.05, 4.69) is 4.99 Å². The van der Waals surface area contributed by atoms with Crippen LogP contribution in [0.4, 0.5) is 5.69 Å². The molecule has 0 bridgehead atoms. The van der Waals surface area contributed by atoms with E-state index < -0.39 is 0 Å². The second kappa shape index (κ2) is 12.3. The van der Waals surface area contributed by atoms with Crippen molar-refractivity contribution in [1.29, 1.82) is 0 Å². The van der Waals surface area contributed by atoms with Crippen LogP contribution in [0.3, 0.4) is 0 Å². The van der Waals surface area contributed by atoms with Gasteiger partial charge in [-0.25, -0.2) is 0 Å². The van der Waals surface area contributed by atoms with E-state index in [1.165, 1.54) is 0 Å². The maximum atomic E-state index is 13.0. The molecule has 5 rings (SSSR count). The number of benzene rings is 3. The average Bonchev–Trinajstić information content (AvgIpc) is 3.40. The summed E-state index contributed by atoms with van der Waals surface area (Å²) in [5.41, 5.74) is 2.20. The normalized spacial score (nSPS) is 15.9. The molecule has 39 heavy (non-hydrogen) atoms. The van der Waals surface area contributed by atoms with E-state index in [1.54, 1.807) is 49.6 Å². The maximum Gasteiger partial charge on any atom is 0.256 e. The van der Waals surface area contributed by atoms with Crippen LogP contribution in [0, 0.1) is 0 Å². The lowest BCUT2D eigenvalue weighted by molar-refractivity contribution is 0.0774. The van der Waals surface area contributed by atoms with Gasteiger partial charge in [-0.2, -0.15) is 0 Å². The summed E-state index contributed by atoms with van der Waals surface area (Å²) < 4.78 is 17.5. The van der Waals surface area contributed by atoms with Gasteiger partial charge in [0.1, 0.15) is 5.75 Å². The maximum absolute atomic E-state index is 13.0. The number of unbranched alkanes of at least 4 members (excludes halogenated alkanes) is 2. The van der Waals surface area contributed by atoms with Crippen molar-refractivity contribution in [2.75, 3.05) is 26.9 Å². The fourth-order valence-electron chi connectivity index (χ4n) is 4.92. The van der Waals surface area contributed by atoms with Crippen LogP contribution < -0.4 is 14.2 Å². The van der Waals surface area contributed by atoms with E-state index in [1.807, 2.05) is 29.3 Å². The summed E-state index contributed by atoms with van der Waals surface area (Å²) in [5, 5.41) is 0.488. The summed E-state index contributed by atoms with van der Waals surface area (Å²) in [5.74, 6) is 1.49. The van der Waals surface area contributed by atoms with E-state index in [4.69, 9.17) is 25.8 Å². The number of amides is 1. The van der Waals surface area contributed by atoms with Gasteiger partial charge >= 0.3 is 0 Å². The lowest BCUT2D eigenvalue weighted by Gasteiger charge is -2.20. The summed E-state index contributed by atoms with van der Waals surface area (Å²) in [6.45, 7) is 1.70. The van der Waals surface area contributed by atoms with Gasteiger partial charge in [-0.15, -0.1) is 0 Å². The Kier molecular flexibility index (Phi) is 8.47. The molecule has 0 unspecified atom stereocenters. The van der Waals surface area contributed by atoms with E-state index in [9.17, 15) is 9.59 Å².